The first kappa shape index (κ1) is 20.1. The van der Waals surface area contributed by atoms with E-state index in [1.54, 1.807) is 12.4 Å². The van der Waals surface area contributed by atoms with Crippen molar-refractivity contribution in [3.05, 3.63) is 68.9 Å². The summed E-state index contributed by atoms with van der Waals surface area (Å²) >= 11 is 18.8. The van der Waals surface area contributed by atoms with Crippen LogP contribution in [0.4, 0.5) is 5.69 Å². The summed E-state index contributed by atoms with van der Waals surface area (Å²) in [7, 11) is 2.10. The first-order valence-electron chi connectivity index (χ1n) is 10.2. The summed E-state index contributed by atoms with van der Waals surface area (Å²) in [5, 5.41) is 11.2. The molecule has 2 fully saturated rings. The van der Waals surface area contributed by atoms with E-state index in [0.717, 1.165) is 61.1 Å². The predicted octanol–water partition coefficient (Wildman–Crippen LogP) is 5.63. The van der Waals surface area contributed by atoms with E-state index in [-0.39, 0.29) is 5.41 Å². The van der Waals surface area contributed by atoms with Gasteiger partial charge in [0.15, 0.2) is 0 Å². The third-order valence-corrected chi connectivity index (χ3v) is 7.29. The smallest absolute Gasteiger partial charge is 0.143 e. The molecule has 3 heterocycles. The van der Waals surface area contributed by atoms with Gasteiger partial charge in [0.05, 0.1) is 21.1 Å². The van der Waals surface area contributed by atoms with E-state index in [1.165, 1.54) is 5.56 Å². The Bertz CT molecular complexity index is 1050. The van der Waals surface area contributed by atoms with Crippen LogP contribution < -0.4 is 4.90 Å². The Morgan fingerprint density at radius 2 is 1.57 bits per heavy atom. The molecule has 0 amide bonds. The third-order valence-electron chi connectivity index (χ3n) is 6.49. The van der Waals surface area contributed by atoms with Crippen LogP contribution in [-0.4, -0.2) is 32.8 Å². The minimum Gasteiger partial charge on any atom is -0.369 e. The van der Waals surface area contributed by atoms with Gasteiger partial charge in [-0.05, 0) is 43.4 Å². The molecule has 5 rings (SSSR count). The summed E-state index contributed by atoms with van der Waals surface area (Å²) in [5.74, 6) is 2.49. The average Bonchev–Trinajstić information content (AvgIpc) is 3.45. The van der Waals surface area contributed by atoms with Crippen LogP contribution in [0, 0.1) is 0 Å². The molecule has 0 N–H and O–H groups in total. The van der Waals surface area contributed by atoms with Crippen molar-refractivity contribution >= 4 is 40.5 Å². The minimum absolute atomic E-state index is 0.0244. The summed E-state index contributed by atoms with van der Waals surface area (Å²) in [5.41, 5.74) is 2.12. The van der Waals surface area contributed by atoms with Gasteiger partial charge in [0.25, 0.3) is 0 Å². The van der Waals surface area contributed by atoms with Crippen molar-refractivity contribution in [2.45, 2.75) is 37.0 Å². The van der Waals surface area contributed by atoms with Gasteiger partial charge in [0, 0.05) is 43.5 Å². The second kappa shape index (κ2) is 7.70. The Labute approximate surface area is 191 Å². The van der Waals surface area contributed by atoms with Crippen LogP contribution in [0.2, 0.25) is 15.1 Å². The van der Waals surface area contributed by atoms with Crippen LogP contribution >= 0.6 is 34.8 Å². The zero-order chi connectivity index (χ0) is 20.9. The van der Waals surface area contributed by atoms with E-state index in [0.29, 0.717) is 16.0 Å². The molecule has 2 aliphatic rings. The minimum atomic E-state index is -0.0244. The molecule has 1 aromatic carbocycles. The standard InChI is InChI=1S/C22H22Cl3N5/c1-29-20(14-6-10-30(11-7-14)19-17(24)12-26-13-18(19)25)27-28-21(29)22(8-9-22)15-2-4-16(23)5-3-15/h2-5,12-14H,6-11H2,1H3. The monoisotopic (exact) mass is 461 g/mol. The van der Waals surface area contributed by atoms with Crippen molar-refractivity contribution < 1.29 is 0 Å². The van der Waals surface area contributed by atoms with Gasteiger partial charge in [-0.25, -0.2) is 0 Å². The van der Waals surface area contributed by atoms with Gasteiger partial charge >= 0.3 is 0 Å². The Morgan fingerprint density at radius 3 is 2.17 bits per heavy atom. The fourth-order valence-corrected chi connectivity index (χ4v) is 5.45. The fraction of sp³-hybridized carbons (Fsp3) is 0.409. The van der Waals surface area contributed by atoms with Crippen molar-refractivity contribution in [3.8, 4) is 0 Å². The van der Waals surface area contributed by atoms with E-state index in [1.807, 2.05) is 12.1 Å². The molecule has 0 bridgehead atoms. The number of nitrogens with zero attached hydrogens (tertiary/aromatic N) is 5. The van der Waals surface area contributed by atoms with Gasteiger partial charge < -0.3 is 9.47 Å². The molecule has 2 aromatic heterocycles. The Morgan fingerprint density at radius 1 is 0.933 bits per heavy atom. The van der Waals surface area contributed by atoms with E-state index in [9.17, 15) is 0 Å². The van der Waals surface area contributed by atoms with E-state index >= 15 is 0 Å². The average molecular weight is 463 g/mol. The first-order chi connectivity index (χ1) is 14.5. The van der Waals surface area contributed by atoms with Crippen molar-refractivity contribution in [1.82, 2.24) is 19.7 Å². The van der Waals surface area contributed by atoms with Crippen molar-refractivity contribution in [2.75, 3.05) is 18.0 Å². The number of hydrogen-bond acceptors (Lipinski definition) is 4. The van der Waals surface area contributed by atoms with Gasteiger partial charge in [-0.15, -0.1) is 10.2 Å². The number of piperidine rings is 1. The maximum atomic E-state index is 6.35. The van der Waals surface area contributed by atoms with Gasteiger partial charge in [0.2, 0.25) is 0 Å². The number of benzene rings is 1. The second-order valence-electron chi connectivity index (χ2n) is 8.24. The molecule has 0 unspecified atom stereocenters. The van der Waals surface area contributed by atoms with Crippen molar-refractivity contribution in [1.29, 1.82) is 0 Å². The number of pyridine rings is 1. The maximum Gasteiger partial charge on any atom is 0.143 e. The molecule has 1 saturated carbocycles. The summed E-state index contributed by atoms with van der Waals surface area (Å²) in [6.45, 7) is 1.75. The number of anilines is 1. The molecule has 1 aliphatic carbocycles. The lowest BCUT2D eigenvalue weighted by atomic mass is 9.93. The summed E-state index contributed by atoms with van der Waals surface area (Å²) in [6.07, 6.45) is 7.45. The molecular formula is C22H22Cl3N5. The van der Waals surface area contributed by atoms with Crippen LogP contribution in [0.25, 0.3) is 0 Å². The molecule has 0 spiro atoms. The number of halogens is 3. The van der Waals surface area contributed by atoms with Crippen LogP contribution in [-0.2, 0) is 12.5 Å². The van der Waals surface area contributed by atoms with Crippen LogP contribution in [0.3, 0.4) is 0 Å². The van der Waals surface area contributed by atoms with E-state index in [2.05, 4.69) is 43.8 Å². The highest BCUT2D eigenvalue weighted by atomic mass is 35.5. The Kier molecular flexibility index (Phi) is 5.16. The largest absolute Gasteiger partial charge is 0.369 e. The molecule has 5 nitrogen and oxygen atoms in total. The normalized spacial score (nSPS) is 18.6. The lowest BCUT2D eigenvalue weighted by Gasteiger charge is -2.34. The van der Waals surface area contributed by atoms with Gasteiger partial charge in [-0.1, -0.05) is 46.9 Å². The van der Waals surface area contributed by atoms with Gasteiger partial charge in [-0.2, -0.15) is 0 Å². The number of rotatable bonds is 4. The Hall–Kier alpha value is -1.82. The Balaban J connectivity index is 1.35. The molecule has 8 heteroatoms. The van der Waals surface area contributed by atoms with Gasteiger partial charge in [0.1, 0.15) is 11.6 Å². The SMILES string of the molecule is Cn1c(C2CCN(c3c(Cl)cncc3Cl)CC2)nnc1C1(c2ccc(Cl)cc2)CC1. The summed E-state index contributed by atoms with van der Waals surface area (Å²) in [4.78, 5) is 6.30. The molecule has 3 aromatic rings. The highest BCUT2D eigenvalue weighted by Crippen LogP contribution is 2.53. The second-order valence-corrected chi connectivity index (χ2v) is 9.49. The van der Waals surface area contributed by atoms with Crippen molar-refractivity contribution in [3.63, 3.8) is 0 Å². The fourth-order valence-electron chi connectivity index (χ4n) is 4.72. The van der Waals surface area contributed by atoms with Gasteiger partial charge in [-0.3, -0.25) is 4.98 Å². The molecule has 1 saturated heterocycles. The molecule has 156 valence electrons. The summed E-state index contributed by atoms with van der Waals surface area (Å²) in [6, 6.07) is 8.15. The quantitative estimate of drug-likeness (QED) is 0.504. The van der Waals surface area contributed by atoms with Crippen LogP contribution in [0.1, 0.15) is 48.8 Å². The highest BCUT2D eigenvalue weighted by molar-refractivity contribution is 6.38. The first-order valence-corrected chi connectivity index (χ1v) is 11.3. The zero-order valence-electron chi connectivity index (χ0n) is 16.7. The van der Waals surface area contributed by atoms with E-state index < -0.39 is 0 Å². The lowest BCUT2D eigenvalue weighted by Crippen LogP contribution is -2.34. The molecule has 0 atom stereocenters. The van der Waals surface area contributed by atoms with E-state index in [4.69, 9.17) is 34.8 Å². The lowest BCUT2D eigenvalue weighted by molar-refractivity contribution is 0.471. The predicted molar refractivity (Wildman–Crippen MR) is 121 cm³/mol. The highest BCUT2D eigenvalue weighted by Gasteiger charge is 2.50. The zero-order valence-corrected chi connectivity index (χ0v) is 18.9. The maximum absolute atomic E-state index is 6.35. The van der Waals surface area contributed by atoms with Crippen molar-refractivity contribution in [2.24, 2.45) is 7.05 Å². The van der Waals surface area contributed by atoms with Crippen LogP contribution in [0.5, 0.6) is 0 Å². The molecule has 30 heavy (non-hydrogen) atoms. The molecular weight excluding hydrogens is 441 g/mol. The molecule has 1 aliphatic heterocycles. The number of hydrogen-bond donors (Lipinski definition) is 0. The van der Waals surface area contributed by atoms with Crippen LogP contribution in [0.15, 0.2) is 36.7 Å². The topological polar surface area (TPSA) is 46.8 Å². The summed E-state index contributed by atoms with van der Waals surface area (Å²) < 4.78 is 2.22. The third kappa shape index (κ3) is 3.37. The number of aromatic nitrogens is 4. The molecule has 0 radical (unpaired) electrons.